The molecule has 0 bridgehead atoms. The zero-order valence-corrected chi connectivity index (χ0v) is 16.6. The van der Waals surface area contributed by atoms with Gasteiger partial charge in [-0.05, 0) is 61.1 Å². The number of carbonyl (C=O) groups is 1. The lowest BCUT2D eigenvalue weighted by molar-refractivity contribution is -0.384. The minimum atomic E-state index is -0.519. The Bertz CT molecular complexity index is 942. The van der Waals surface area contributed by atoms with E-state index in [2.05, 4.69) is 31.9 Å². The Morgan fingerprint density at radius 1 is 1.19 bits per heavy atom. The second-order valence-corrected chi connectivity index (χ2v) is 7.20. The highest BCUT2D eigenvalue weighted by molar-refractivity contribution is 9.10. The number of halogens is 1. The van der Waals surface area contributed by atoms with Gasteiger partial charge in [-0.2, -0.15) is 0 Å². The summed E-state index contributed by atoms with van der Waals surface area (Å²) in [6, 6.07) is 12.8. The lowest BCUT2D eigenvalue weighted by atomic mass is 9.94. The Kier molecular flexibility index (Phi) is 5.52. The molecule has 0 spiro atoms. The molecule has 1 heterocycles. The van der Waals surface area contributed by atoms with Crippen molar-refractivity contribution in [2.24, 2.45) is 0 Å². The van der Waals surface area contributed by atoms with Crippen LogP contribution in [-0.2, 0) is 4.79 Å². The standard InChI is InChI=1S/C18H15BrN4O3S/c1-10-15(17(24)21-13-6-4-12(19)5-7-13)16(22-18(27)20-10)11-2-8-14(9-3-11)23(25)26/h2-9,16H,1H3,(H,21,24)(H2,20,22,27). The zero-order valence-electron chi connectivity index (χ0n) is 14.2. The molecule has 2 aromatic carbocycles. The van der Waals surface area contributed by atoms with Gasteiger partial charge in [0.1, 0.15) is 0 Å². The van der Waals surface area contributed by atoms with Crippen LogP contribution in [-0.4, -0.2) is 15.9 Å². The number of nitro benzene ring substituents is 1. The number of thiocarbonyl (C=S) groups is 1. The number of anilines is 1. The third-order valence-electron chi connectivity index (χ3n) is 4.05. The summed E-state index contributed by atoms with van der Waals surface area (Å²) >= 11 is 8.57. The van der Waals surface area contributed by atoms with Crippen molar-refractivity contribution >= 4 is 50.5 Å². The minimum Gasteiger partial charge on any atom is -0.351 e. The van der Waals surface area contributed by atoms with E-state index in [0.29, 0.717) is 27.6 Å². The summed E-state index contributed by atoms with van der Waals surface area (Å²) in [7, 11) is 0. The lowest BCUT2D eigenvalue weighted by Crippen LogP contribution is -2.45. The van der Waals surface area contributed by atoms with Crippen molar-refractivity contribution in [2.75, 3.05) is 5.32 Å². The van der Waals surface area contributed by atoms with Gasteiger partial charge in [0.15, 0.2) is 5.11 Å². The molecular formula is C18H15BrN4O3S. The number of non-ortho nitro benzene ring substituents is 1. The molecule has 0 radical (unpaired) electrons. The topological polar surface area (TPSA) is 96.3 Å². The molecule has 3 rings (SSSR count). The number of nitrogens with zero attached hydrogens (tertiary/aromatic N) is 1. The summed E-state index contributed by atoms with van der Waals surface area (Å²) in [6.07, 6.45) is 0. The fourth-order valence-electron chi connectivity index (χ4n) is 2.77. The molecule has 0 saturated carbocycles. The molecule has 9 heteroatoms. The number of amides is 1. The predicted molar refractivity (Wildman–Crippen MR) is 110 cm³/mol. The van der Waals surface area contributed by atoms with Gasteiger partial charge in [-0.3, -0.25) is 14.9 Å². The molecule has 1 aliphatic rings. The lowest BCUT2D eigenvalue weighted by Gasteiger charge is -2.30. The summed E-state index contributed by atoms with van der Waals surface area (Å²) in [5, 5.41) is 20.1. The van der Waals surface area contributed by atoms with Crippen molar-refractivity contribution in [2.45, 2.75) is 13.0 Å². The van der Waals surface area contributed by atoms with E-state index in [-0.39, 0.29) is 11.6 Å². The minimum absolute atomic E-state index is 0.0168. The summed E-state index contributed by atoms with van der Waals surface area (Å²) in [5.41, 5.74) is 2.41. The van der Waals surface area contributed by atoms with Gasteiger partial charge in [0.2, 0.25) is 0 Å². The average Bonchev–Trinajstić information content (AvgIpc) is 2.63. The number of rotatable bonds is 4. The van der Waals surface area contributed by atoms with E-state index < -0.39 is 11.0 Å². The number of hydrogen-bond donors (Lipinski definition) is 3. The average molecular weight is 447 g/mol. The van der Waals surface area contributed by atoms with Crippen LogP contribution in [0.5, 0.6) is 0 Å². The first-order chi connectivity index (χ1) is 12.8. The van der Waals surface area contributed by atoms with Crippen molar-refractivity contribution in [1.82, 2.24) is 10.6 Å². The van der Waals surface area contributed by atoms with Gasteiger partial charge >= 0.3 is 0 Å². The molecule has 2 aromatic rings. The monoisotopic (exact) mass is 446 g/mol. The molecular weight excluding hydrogens is 432 g/mol. The van der Waals surface area contributed by atoms with Crippen molar-refractivity contribution in [3.05, 3.63) is 80.0 Å². The van der Waals surface area contributed by atoms with Crippen molar-refractivity contribution in [3.8, 4) is 0 Å². The van der Waals surface area contributed by atoms with Crippen LogP contribution in [0.2, 0.25) is 0 Å². The molecule has 1 aliphatic heterocycles. The van der Waals surface area contributed by atoms with Crippen LogP contribution in [0.3, 0.4) is 0 Å². The highest BCUT2D eigenvalue weighted by Gasteiger charge is 2.30. The van der Waals surface area contributed by atoms with Crippen LogP contribution < -0.4 is 16.0 Å². The number of nitro groups is 1. The zero-order chi connectivity index (χ0) is 19.6. The molecule has 0 aromatic heterocycles. The van der Waals surface area contributed by atoms with Crippen LogP contribution in [0.4, 0.5) is 11.4 Å². The van der Waals surface area contributed by atoms with Gasteiger partial charge in [-0.15, -0.1) is 0 Å². The van der Waals surface area contributed by atoms with E-state index in [1.807, 2.05) is 12.1 Å². The number of nitrogens with one attached hydrogen (secondary N) is 3. The van der Waals surface area contributed by atoms with Gasteiger partial charge in [-0.25, -0.2) is 0 Å². The van der Waals surface area contributed by atoms with E-state index in [1.165, 1.54) is 12.1 Å². The maximum absolute atomic E-state index is 12.9. The third-order valence-corrected chi connectivity index (χ3v) is 4.80. The van der Waals surface area contributed by atoms with Crippen molar-refractivity contribution in [3.63, 3.8) is 0 Å². The third kappa shape index (κ3) is 4.32. The highest BCUT2D eigenvalue weighted by atomic mass is 79.9. The molecule has 0 fully saturated rings. The van der Waals surface area contributed by atoms with E-state index in [9.17, 15) is 14.9 Å². The normalized spacial score (nSPS) is 16.4. The maximum Gasteiger partial charge on any atom is 0.269 e. The number of benzene rings is 2. The number of hydrogen-bond acceptors (Lipinski definition) is 4. The molecule has 1 atom stereocenters. The molecule has 138 valence electrons. The maximum atomic E-state index is 12.9. The Morgan fingerprint density at radius 2 is 1.81 bits per heavy atom. The van der Waals surface area contributed by atoms with Crippen LogP contribution >= 0.6 is 28.1 Å². The van der Waals surface area contributed by atoms with Gasteiger partial charge in [-0.1, -0.05) is 15.9 Å². The smallest absolute Gasteiger partial charge is 0.269 e. The van der Waals surface area contributed by atoms with Gasteiger partial charge in [0.05, 0.1) is 16.5 Å². The summed E-state index contributed by atoms with van der Waals surface area (Å²) in [6.45, 7) is 1.77. The summed E-state index contributed by atoms with van der Waals surface area (Å²) < 4.78 is 0.908. The van der Waals surface area contributed by atoms with Crippen LogP contribution in [0.1, 0.15) is 18.5 Å². The van der Waals surface area contributed by atoms with E-state index >= 15 is 0 Å². The largest absolute Gasteiger partial charge is 0.351 e. The Balaban J connectivity index is 1.92. The number of carbonyl (C=O) groups excluding carboxylic acids is 1. The molecule has 1 unspecified atom stereocenters. The first-order valence-corrected chi connectivity index (χ1v) is 9.15. The SMILES string of the molecule is CC1=C(C(=O)Nc2ccc(Br)cc2)C(c2ccc([N+](=O)[O-])cc2)NC(=S)N1. The molecule has 7 nitrogen and oxygen atoms in total. The second kappa shape index (κ2) is 7.85. The van der Waals surface area contributed by atoms with Gasteiger partial charge in [0.25, 0.3) is 11.6 Å². The Hall–Kier alpha value is -2.78. The summed E-state index contributed by atoms with van der Waals surface area (Å²) in [4.78, 5) is 23.3. The van der Waals surface area contributed by atoms with Crippen LogP contribution in [0, 0.1) is 10.1 Å². The van der Waals surface area contributed by atoms with Crippen LogP contribution in [0.15, 0.2) is 64.3 Å². The molecule has 0 aliphatic carbocycles. The van der Waals surface area contributed by atoms with E-state index in [1.54, 1.807) is 31.2 Å². The van der Waals surface area contributed by atoms with E-state index in [4.69, 9.17) is 12.2 Å². The molecule has 3 N–H and O–H groups in total. The first kappa shape index (κ1) is 19.0. The Labute approximate surface area is 169 Å². The van der Waals surface area contributed by atoms with Gasteiger partial charge in [0, 0.05) is 28.0 Å². The fraction of sp³-hybridized carbons (Fsp3) is 0.111. The van der Waals surface area contributed by atoms with Crippen LogP contribution in [0.25, 0.3) is 0 Å². The van der Waals surface area contributed by atoms with Gasteiger partial charge < -0.3 is 16.0 Å². The van der Waals surface area contributed by atoms with Crippen molar-refractivity contribution < 1.29 is 9.72 Å². The van der Waals surface area contributed by atoms with Crippen molar-refractivity contribution in [1.29, 1.82) is 0 Å². The Morgan fingerprint density at radius 3 is 2.41 bits per heavy atom. The highest BCUT2D eigenvalue weighted by Crippen LogP contribution is 2.29. The second-order valence-electron chi connectivity index (χ2n) is 5.88. The molecule has 27 heavy (non-hydrogen) atoms. The fourth-order valence-corrected chi connectivity index (χ4v) is 3.30. The molecule has 0 saturated heterocycles. The first-order valence-electron chi connectivity index (χ1n) is 7.94. The summed E-state index contributed by atoms with van der Waals surface area (Å²) in [5.74, 6) is -0.291. The molecule has 1 amide bonds. The van der Waals surface area contributed by atoms with E-state index in [0.717, 1.165) is 4.47 Å². The predicted octanol–water partition coefficient (Wildman–Crippen LogP) is 3.79. The quantitative estimate of drug-likeness (QED) is 0.375. The number of allylic oxidation sites excluding steroid dienone is 1.